The van der Waals surface area contributed by atoms with Crippen molar-refractivity contribution in [1.82, 2.24) is 0 Å². The van der Waals surface area contributed by atoms with E-state index in [2.05, 4.69) is 10.6 Å². The van der Waals surface area contributed by atoms with E-state index in [0.29, 0.717) is 0 Å². The summed E-state index contributed by atoms with van der Waals surface area (Å²) in [5.74, 6) is -0.212. The van der Waals surface area contributed by atoms with E-state index < -0.39 is 0 Å². The van der Waals surface area contributed by atoms with Crippen LogP contribution < -0.4 is 15.5 Å². The monoisotopic (exact) mass is 326 g/mol. The minimum Gasteiger partial charge on any atom is -0.322 e. The highest BCUT2D eigenvalue weighted by Gasteiger charge is 2.15. The Hall–Kier alpha value is -2.66. The van der Waals surface area contributed by atoms with E-state index in [1.54, 1.807) is 0 Å². The van der Waals surface area contributed by atoms with Crippen molar-refractivity contribution in [2.75, 3.05) is 30.8 Å². The zero-order chi connectivity index (χ0) is 17.5. The van der Waals surface area contributed by atoms with E-state index in [9.17, 15) is 9.59 Å². The van der Waals surface area contributed by atoms with Gasteiger partial charge in [-0.1, -0.05) is 36.4 Å². The molecule has 0 saturated heterocycles. The molecular formula is C19H24N3O2+. The first-order chi connectivity index (χ1) is 11.5. The third kappa shape index (κ3) is 5.21. The number of benzene rings is 2. The topological polar surface area (TPSA) is 62.6 Å². The van der Waals surface area contributed by atoms with Gasteiger partial charge in [0.25, 0.3) is 11.8 Å². The first kappa shape index (κ1) is 17.7. The van der Waals surface area contributed by atoms with Gasteiger partial charge < -0.3 is 15.5 Å². The van der Waals surface area contributed by atoms with Crippen molar-refractivity contribution in [1.29, 1.82) is 0 Å². The fourth-order valence-corrected chi connectivity index (χ4v) is 2.53. The third-order valence-corrected chi connectivity index (χ3v) is 3.73. The third-order valence-electron chi connectivity index (χ3n) is 3.73. The minimum atomic E-state index is -0.112. The summed E-state index contributed by atoms with van der Waals surface area (Å²) in [6, 6.07) is 15.2. The Kier molecular flexibility index (Phi) is 6.09. The van der Waals surface area contributed by atoms with Crippen molar-refractivity contribution in [3.63, 3.8) is 0 Å². The first-order valence-electron chi connectivity index (χ1n) is 7.98. The number of para-hydroxylation sites is 2. The Balaban J connectivity index is 1.84. The van der Waals surface area contributed by atoms with Crippen LogP contribution in [0.2, 0.25) is 0 Å². The highest BCUT2D eigenvalue weighted by atomic mass is 16.2. The number of anilines is 2. The van der Waals surface area contributed by atoms with E-state index in [4.69, 9.17) is 0 Å². The normalized spacial score (nSPS) is 11.6. The maximum absolute atomic E-state index is 12.2. The molecule has 2 aromatic rings. The number of quaternary nitrogens is 1. The van der Waals surface area contributed by atoms with Gasteiger partial charge in [-0.25, -0.2) is 0 Å². The van der Waals surface area contributed by atoms with Crippen LogP contribution >= 0.6 is 0 Å². The summed E-state index contributed by atoms with van der Waals surface area (Å²) < 4.78 is 0. The van der Waals surface area contributed by atoms with Crippen LogP contribution in [0.5, 0.6) is 0 Å². The lowest BCUT2D eigenvalue weighted by molar-refractivity contribution is -0.862. The molecule has 5 nitrogen and oxygen atoms in total. The highest BCUT2D eigenvalue weighted by molar-refractivity contribution is 5.94. The molecule has 0 spiro atoms. The Morgan fingerprint density at radius 2 is 1.38 bits per heavy atom. The predicted octanol–water partition coefficient (Wildman–Crippen LogP) is 1.40. The van der Waals surface area contributed by atoms with Gasteiger partial charge in [-0.15, -0.1) is 0 Å². The maximum atomic E-state index is 12.2. The number of hydrogen-bond acceptors (Lipinski definition) is 2. The molecule has 0 aliphatic heterocycles. The Labute approximate surface area is 142 Å². The standard InChI is InChI=1S/C19H23N3O2/c1-14-8-7-9-15(2)19(14)21-18(24)13-22(3)12-17(23)20-16-10-5-4-6-11-16/h4-11H,12-13H2,1-3H3,(H,20,23)(H,21,24)/p+1. The second-order valence-electron chi connectivity index (χ2n) is 6.04. The number of carbonyl (C=O) groups is 2. The van der Waals surface area contributed by atoms with Gasteiger partial charge >= 0.3 is 0 Å². The van der Waals surface area contributed by atoms with Crippen molar-refractivity contribution in [3.05, 3.63) is 59.7 Å². The summed E-state index contributed by atoms with van der Waals surface area (Å²) in [6.07, 6.45) is 0. The van der Waals surface area contributed by atoms with Gasteiger partial charge in [0.1, 0.15) is 0 Å². The quantitative estimate of drug-likeness (QED) is 0.751. The van der Waals surface area contributed by atoms with E-state index >= 15 is 0 Å². The highest BCUT2D eigenvalue weighted by Crippen LogP contribution is 2.18. The molecule has 126 valence electrons. The molecule has 5 heteroatoms. The number of likely N-dealkylation sites (N-methyl/N-ethyl adjacent to an activating group) is 1. The fourth-order valence-electron chi connectivity index (χ4n) is 2.53. The average Bonchev–Trinajstić information content (AvgIpc) is 2.51. The van der Waals surface area contributed by atoms with Gasteiger partial charge in [0, 0.05) is 11.4 Å². The minimum absolute atomic E-state index is 0.0996. The van der Waals surface area contributed by atoms with Crippen molar-refractivity contribution in [2.24, 2.45) is 0 Å². The molecule has 0 bridgehead atoms. The lowest BCUT2D eigenvalue weighted by Gasteiger charge is -2.15. The van der Waals surface area contributed by atoms with Crippen LogP contribution in [0.25, 0.3) is 0 Å². The lowest BCUT2D eigenvalue weighted by atomic mass is 10.1. The predicted molar refractivity (Wildman–Crippen MR) is 96.2 cm³/mol. The molecular weight excluding hydrogens is 302 g/mol. The van der Waals surface area contributed by atoms with Crippen molar-refractivity contribution >= 4 is 23.2 Å². The summed E-state index contributed by atoms with van der Waals surface area (Å²) in [7, 11) is 1.83. The van der Waals surface area contributed by atoms with Crippen molar-refractivity contribution < 1.29 is 14.5 Å². The molecule has 0 aliphatic rings. The summed E-state index contributed by atoms with van der Waals surface area (Å²) in [4.78, 5) is 25.0. The second-order valence-corrected chi connectivity index (χ2v) is 6.04. The van der Waals surface area contributed by atoms with Crippen LogP contribution in [0.15, 0.2) is 48.5 Å². The molecule has 0 fully saturated rings. The van der Waals surface area contributed by atoms with Gasteiger partial charge in [0.2, 0.25) is 0 Å². The smallest absolute Gasteiger partial charge is 0.279 e. The molecule has 24 heavy (non-hydrogen) atoms. The van der Waals surface area contributed by atoms with Gasteiger partial charge in [-0.3, -0.25) is 9.59 Å². The molecule has 1 unspecified atom stereocenters. The second kappa shape index (κ2) is 8.26. The van der Waals surface area contributed by atoms with Crippen LogP contribution in [-0.2, 0) is 9.59 Å². The molecule has 0 aromatic heterocycles. The lowest BCUT2D eigenvalue weighted by Crippen LogP contribution is -3.11. The van der Waals surface area contributed by atoms with Crippen molar-refractivity contribution in [2.45, 2.75) is 13.8 Å². The maximum Gasteiger partial charge on any atom is 0.279 e. The van der Waals surface area contributed by atoms with Crippen LogP contribution in [0, 0.1) is 13.8 Å². The molecule has 0 heterocycles. The number of hydrogen-bond donors (Lipinski definition) is 3. The molecule has 2 aromatic carbocycles. The van der Waals surface area contributed by atoms with Crippen molar-refractivity contribution in [3.8, 4) is 0 Å². The molecule has 2 rings (SSSR count). The van der Waals surface area contributed by atoms with Crippen LogP contribution in [0.3, 0.4) is 0 Å². The molecule has 3 N–H and O–H groups in total. The summed E-state index contributed by atoms with van der Waals surface area (Å²) in [5.41, 5.74) is 3.67. The zero-order valence-corrected chi connectivity index (χ0v) is 14.3. The summed E-state index contributed by atoms with van der Waals surface area (Å²) >= 11 is 0. The summed E-state index contributed by atoms with van der Waals surface area (Å²) in [5, 5.41) is 5.76. The molecule has 0 aliphatic carbocycles. The molecule has 0 radical (unpaired) electrons. The number of carbonyl (C=O) groups excluding carboxylic acids is 2. The molecule has 0 saturated carbocycles. The number of nitrogens with one attached hydrogen (secondary N) is 3. The average molecular weight is 326 g/mol. The van der Waals surface area contributed by atoms with Gasteiger partial charge in [-0.2, -0.15) is 0 Å². The zero-order valence-electron chi connectivity index (χ0n) is 14.3. The van der Waals surface area contributed by atoms with E-state index in [-0.39, 0.29) is 24.9 Å². The van der Waals surface area contributed by atoms with Crippen LogP contribution in [0.4, 0.5) is 11.4 Å². The van der Waals surface area contributed by atoms with Crippen LogP contribution in [0.1, 0.15) is 11.1 Å². The first-order valence-corrected chi connectivity index (χ1v) is 7.98. The molecule has 1 atom stereocenters. The Morgan fingerprint density at radius 1 is 0.833 bits per heavy atom. The largest absolute Gasteiger partial charge is 0.322 e. The Bertz CT molecular complexity index is 694. The van der Waals surface area contributed by atoms with Gasteiger partial charge in [0.15, 0.2) is 13.1 Å². The number of amides is 2. The fraction of sp³-hybridized carbons (Fsp3) is 0.263. The van der Waals surface area contributed by atoms with E-state index in [1.165, 1.54) is 0 Å². The summed E-state index contributed by atoms with van der Waals surface area (Å²) in [6.45, 7) is 4.39. The van der Waals surface area contributed by atoms with Gasteiger partial charge in [0.05, 0.1) is 7.05 Å². The number of rotatable bonds is 6. The Morgan fingerprint density at radius 3 is 1.96 bits per heavy atom. The van der Waals surface area contributed by atoms with E-state index in [0.717, 1.165) is 27.4 Å². The van der Waals surface area contributed by atoms with Gasteiger partial charge in [-0.05, 0) is 37.1 Å². The van der Waals surface area contributed by atoms with Crippen LogP contribution in [-0.4, -0.2) is 32.0 Å². The SMILES string of the molecule is Cc1cccc(C)c1NC(=O)C[NH+](C)CC(=O)Nc1ccccc1. The number of aryl methyl sites for hydroxylation is 2. The van der Waals surface area contributed by atoms with E-state index in [1.807, 2.05) is 69.4 Å². The molecule has 2 amide bonds.